The van der Waals surface area contributed by atoms with Crippen LogP contribution in [0.15, 0.2) is 60.0 Å². The number of thioether (sulfide) groups is 1. The second kappa shape index (κ2) is 9.50. The molecular weight excluding hydrogens is 370 g/mol. The molecule has 1 unspecified atom stereocenters. The average Bonchev–Trinajstić information content (AvgIpc) is 3.07. The Bertz CT molecular complexity index is 896. The molecule has 0 radical (unpaired) electrons. The first-order chi connectivity index (χ1) is 13.5. The van der Waals surface area contributed by atoms with Crippen LogP contribution < -0.4 is 5.32 Å². The summed E-state index contributed by atoms with van der Waals surface area (Å²) < 4.78 is 1.89. The molecule has 0 spiro atoms. The van der Waals surface area contributed by atoms with Crippen LogP contribution in [0, 0.1) is 5.92 Å². The summed E-state index contributed by atoms with van der Waals surface area (Å²) >= 11 is 1.38. The molecule has 2 heterocycles. The predicted octanol–water partition coefficient (Wildman–Crippen LogP) is 3.87. The first-order valence-electron chi connectivity index (χ1n) is 9.31. The molecule has 1 aromatic carbocycles. The molecular formula is C21H25N5OS. The van der Waals surface area contributed by atoms with Crippen LogP contribution in [0.1, 0.15) is 31.9 Å². The summed E-state index contributed by atoms with van der Waals surface area (Å²) in [5.41, 5.74) is 2.03. The molecule has 1 atom stereocenters. The maximum Gasteiger partial charge on any atom is 0.230 e. The molecule has 0 fully saturated rings. The molecule has 6 nitrogen and oxygen atoms in total. The lowest BCUT2D eigenvalue weighted by Gasteiger charge is -2.21. The summed E-state index contributed by atoms with van der Waals surface area (Å²) in [4.78, 5) is 16.7. The summed E-state index contributed by atoms with van der Waals surface area (Å²) in [7, 11) is 1.90. The number of nitrogens with zero attached hydrogens (tertiary/aromatic N) is 4. The lowest BCUT2D eigenvalue weighted by Crippen LogP contribution is -2.31. The third-order valence-corrected chi connectivity index (χ3v) is 5.35. The van der Waals surface area contributed by atoms with Crippen LogP contribution >= 0.6 is 11.8 Å². The van der Waals surface area contributed by atoms with Crippen molar-refractivity contribution in [2.24, 2.45) is 13.0 Å². The fraction of sp³-hybridized carbons (Fsp3) is 0.333. The van der Waals surface area contributed by atoms with E-state index >= 15 is 0 Å². The summed E-state index contributed by atoms with van der Waals surface area (Å²) in [6.07, 6.45) is 4.37. The highest BCUT2D eigenvalue weighted by molar-refractivity contribution is 7.99. The topological polar surface area (TPSA) is 72.7 Å². The van der Waals surface area contributed by atoms with Gasteiger partial charge in [0.1, 0.15) is 0 Å². The standard InChI is InChI=1S/C21H25N5OS/c1-15(2)12-18(16-8-5-4-6-9-16)23-19(27)14-28-21-25-24-20(26(21)3)17-10-7-11-22-13-17/h4-11,13,15,18H,12,14H2,1-3H3,(H,23,27). The maximum absolute atomic E-state index is 12.6. The molecule has 7 heteroatoms. The molecule has 0 saturated carbocycles. The highest BCUT2D eigenvalue weighted by atomic mass is 32.2. The van der Waals surface area contributed by atoms with Gasteiger partial charge < -0.3 is 9.88 Å². The Hall–Kier alpha value is -2.67. The SMILES string of the molecule is CC(C)CC(NC(=O)CSc1nnc(-c2cccnc2)n1C)c1ccccc1. The van der Waals surface area contributed by atoms with Gasteiger partial charge in [0, 0.05) is 25.0 Å². The van der Waals surface area contributed by atoms with Gasteiger partial charge in [-0.2, -0.15) is 0 Å². The predicted molar refractivity (Wildman–Crippen MR) is 112 cm³/mol. The molecule has 0 bridgehead atoms. The molecule has 0 aliphatic rings. The van der Waals surface area contributed by atoms with Crippen LogP contribution in [-0.4, -0.2) is 31.4 Å². The summed E-state index contributed by atoms with van der Waals surface area (Å²) in [5.74, 6) is 1.50. The lowest BCUT2D eigenvalue weighted by atomic mass is 9.97. The normalized spacial score (nSPS) is 12.1. The number of carbonyl (C=O) groups is 1. The van der Waals surface area contributed by atoms with Crippen molar-refractivity contribution in [1.29, 1.82) is 0 Å². The number of nitrogens with one attached hydrogen (secondary N) is 1. The van der Waals surface area contributed by atoms with Gasteiger partial charge in [-0.05, 0) is 30.0 Å². The lowest BCUT2D eigenvalue weighted by molar-refractivity contribution is -0.119. The zero-order valence-corrected chi connectivity index (χ0v) is 17.2. The summed E-state index contributed by atoms with van der Waals surface area (Å²) in [5, 5.41) is 12.3. The fourth-order valence-corrected chi connectivity index (χ4v) is 3.71. The van der Waals surface area contributed by atoms with Crippen molar-refractivity contribution in [3.8, 4) is 11.4 Å². The van der Waals surface area contributed by atoms with Gasteiger partial charge in [0.15, 0.2) is 11.0 Å². The van der Waals surface area contributed by atoms with Gasteiger partial charge in [0.25, 0.3) is 0 Å². The zero-order valence-electron chi connectivity index (χ0n) is 16.4. The van der Waals surface area contributed by atoms with E-state index in [0.717, 1.165) is 23.4 Å². The van der Waals surface area contributed by atoms with Crippen molar-refractivity contribution >= 4 is 17.7 Å². The third-order valence-electron chi connectivity index (χ3n) is 4.33. The quantitative estimate of drug-likeness (QED) is 0.586. The molecule has 3 rings (SSSR count). The minimum absolute atomic E-state index is 0.00886. The number of aromatic nitrogens is 4. The second-order valence-electron chi connectivity index (χ2n) is 7.06. The van der Waals surface area contributed by atoms with Gasteiger partial charge in [-0.25, -0.2) is 0 Å². The Labute approximate surface area is 169 Å². The van der Waals surface area contributed by atoms with E-state index in [1.54, 1.807) is 12.4 Å². The van der Waals surface area contributed by atoms with Crippen molar-refractivity contribution in [3.05, 3.63) is 60.4 Å². The molecule has 0 saturated heterocycles. The first-order valence-corrected chi connectivity index (χ1v) is 10.3. The van der Waals surface area contributed by atoms with E-state index < -0.39 is 0 Å². The van der Waals surface area contributed by atoms with E-state index in [1.165, 1.54) is 11.8 Å². The van der Waals surface area contributed by atoms with Gasteiger partial charge in [-0.1, -0.05) is 55.9 Å². The Balaban J connectivity index is 1.63. The van der Waals surface area contributed by atoms with Gasteiger partial charge in [0.05, 0.1) is 11.8 Å². The Kier molecular flexibility index (Phi) is 6.81. The number of carbonyl (C=O) groups excluding carboxylic acids is 1. The van der Waals surface area contributed by atoms with E-state index in [4.69, 9.17) is 0 Å². The van der Waals surface area contributed by atoms with E-state index in [1.807, 2.05) is 41.9 Å². The van der Waals surface area contributed by atoms with Crippen LogP contribution in [0.5, 0.6) is 0 Å². The van der Waals surface area contributed by atoms with Crippen molar-refractivity contribution in [2.75, 3.05) is 5.75 Å². The van der Waals surface area contributed by atoms with Gasteiger partial charge >= 0.3 is 0 Å². The smallest absolute Gasteiger partial charge is 0.230 e. The Morgan fingerprint density at radius 1 is 1.14 bits per heavy atom. The molecule has 0 aliphatic carbocycles. The van der Waals surface area contributed by atoms with Gasteiger partial charge in [-0.15, -0.1) is 10.2 Å². The number of pyridine rings is 1. The molecule has 0 aliphatic heterocycles. The number of hydrogen-bond acceptors (Lipinski definition) is 5. The fourth-order valence-electron chi connectivity index (χ4n) is 2.99. The number of amides is 1. The molecule has 3 aromatic rings. The van der Waals surface area contributed by atoms with Crippen molar-refractivity contribution in [2.45, 2.75) is 31.5 Å². The van der Waals surface area contributed by atoms with E-state index in [0.29, 0.717) is 16.8 Å². The van der Waals surface area contributed by atoms with Crippen LogP contribution in [-0.2, 0) is 11.8 Å². The van der Waals surface area contributed by atoms with Gasteiger partial charge in [-0.3, -0.25) is 9.78 Å². The highest BCUT2D eigenvalue weighted by Gasteiger charge is 2.18. The van der Waals surface area contributed by atoms with Crippen molar-refractivity contribution < 1.29 is 4.79 Å². The zero-order chi connectivity index (χ0) is 19.9. The van der Waals surface area contributed by atoms with Crippen LogP contribution in [0.3, 0.4) is 0 Å². The second-order valence-corrected chi connectivity index (χ2v) is 8.00. The molecule has 146 valence electrons. The summed E-state index contributed by atoms with van der Waals surface area (Å²) in [6.45, 7) is 4.33. The number of hydrogen-bond donors (Lipinski definition) is 1. The highest BCUT2D eigenvalue weighted by Crippen LogP contribution is 2.24. The third kappa shape index (κ3) is 5.19. The Morgan fingerprint density at radius 2 is 1.93 bits per heavy atom. The molecule has 2 aromatic heterocycles. The van der Waals surface area contributed by atoms with Crippen molar-refractivity contribution in [3.63, 3.8) is 0 Å². The van der Waals surface area contributed by atoms with E-state index in [9.17, 15) is 4.79 Å². The van der Waals surface area contributed by atoms with E-state index in [-0.39, 0.29) is 11.9 Å². The first kappa shape index (κ1) is 20.1. The summed E-state index contributed by atoms with van der Waals surface area (Å²) in [6, 6.07) is 13.9. The molecule has 1 N–H and O–H groups in total. The minimum Gasteiger partial charge on any atom is -0.349 e. The maximum atomic E-state index is 12.6. The molecule has 28 heavy (non-hydrogen) atoms. The van der Waals surface area contributed by atoms with E-state index in [2.05, 4.69) is 46.5 Å². The van der Waals surface area contributed by atoms with Crippen LogP contribution in [0.25, 0.3) is 11.4 Å². The van der Waals surface area contributed by atoms with Crippen LogP contribution in [0.4, 0.5) is 0 Å². The average molecular weight is 396 g/mol. The monoisotopic (exact) mass is 395 g/mol. The number of rotatable bonds is 8. The van der Waals surface area contributed by atoms with Crippen LogP contribution in [0.2, 0.25) is 0 Å². The van der Waals surface area contributed by atoms with Crippen molar-refractivity contribution in [1.82, 2.24) is 25.1 Å². The number of benzene rings is 1. The van der Waals surface area contributed by atoms with Gasteiger partial charge in [0.2, 0.25) is 5.91 Å². The Morgan fingerprint density at radius 3 is 2.61 bits per heavy atom. The minimum atomic E-state index is -0.00886. The largest absolute Gasteiger partial charge is 0.349 e. The molecule has 1 amide bonds.